The van der Waals surface area contributed by atoms with Crippen LogP contribution in [-0.2, 0) is 4.12 Å². The lowest BCUT2D eigenvalue weighted by molar-refractivity contribution is 0.482. The molecule has 4 rings (SSSR count). The Morgan fingerprint density at radius 3 is 0.971 bits per heavy atom. The van der Waals surface area contributed by atoms with E-state index in [-0.39, 0.29) is 0 Å². The average Bonchev–Trinajstić information content (AvgIpc) is 2.82. The molecule has 4 aromatic carbocycles. The van der Waals surface area contributed by atoms with Gasteiger partial charge in [0.2, 0.25) is 16.6 Å². The molecule has 0 aliphatic rings. The SMILES string of the molecule is C[Si](C)(O[Si](C)(C)c1ccc(Oc2ccc(N)cc2)cc1)c1ccc(Oc2ccc(N)cc2)cc1. The molecule has 180 valence electrons. The van der Waals surface area contributed by atoms with Crippen molar-refractivity contribution in [2.24, 2.45) is 0 Å². The van der Waals surface area contributed by atoms with Crippen LogP contribution in [-0.4, -0.2) is 16.6 Å². The zero-order chi connectivity index (χ0) is 25.1. The molecule has 35 heavy (non-hydrogen) atoms. The van der Waals surface area contributed by atoms with E-state index in [9.17, 15) is 0 Å². The standard InChI is InChI=1S/C28H32N2O3Si2/c1-34(2,27-17-13-25(14-18-27)31-23-9-5-21(29)6-10-23)33-35(3,4)28-19-15-26(16-20-28)32-24-11-7-22(30)8-12-24/h5-20H,29-30H2,1-4H3. The van der Waals surface area contributed by atoms with Gasteiger partial charge in [0.15, 0.2) is 0 Å². The third-order valence-electron chi connectivity index (χ3n) is 5.84. The van der Waals surface area contributed by atoms with Gasteiger partial charge >= 0.3 is 0 Å². The Balaban J connectivity index is 1.42. The lowest BCUT2D eigenvalue weighted by atomic mass is 10.3. The summed E-state index contributed by atoms with van der Waals surface area (Å²) < 4.78 is 18.8. The van der Waals surface area contributed by atoms with Crippen LogP contribution < -0.4 is 31.3 Å². The summed E-state index contributed by atoms with van der Waals surface area (Å²) in [6.45, 7) is 8.98. The van der Waals surface area contributed by atoms with Gasteiger partial charge in [0, 0.05) is 11.4 Å². The fourth-order valence-corrected chi connectivity index (χ4v) is 11.9. The molecular weight excluding hydrogens is 468 g/mol. The molecule has 0 heterocycles. The Hall–Kier alpha value is -3.53. The summed E-state index contributed by atoms with van der Waals surface area (Å²) in [5.74, 6) is 3.10. The van der Waals surface area contributed by atoms with Crippen LogP contribution in [0, 0.1) is 0 Å². The molecule has 0 bridgehead atoms. The van der Waals surface area contributed by atoms with Crippen molar-refractivity contribution < 1.29 is 13.6 Å². The maximum atomic E-state index is 6.91. The first kappa shape index (κ1) is 24.6. The molecule has 7 heteroatoms. The quantitative estimate of drug-likeness (QED) is 0.230. The van der Waals surface area contributed by atoms with Crippen LogP contribution >= 0.6 is 0 Å². The molecule has 0 saturated carbocycles. The van der Waals surface area contributed by atoms with Crippen molar-refractivity contribution in [1.29, 1.82) is 0 Å². The van der Waals surface area contributed by atoms with Crippen molar-refractivity contribution in [1.82, 2.24) is 0 Å². The molecule has 0 unspecified atom stereocenters. The van der Waals surface area contributed by atoms with Gasteiger partial charge in [0.25, 0.3) is 0 Å². The van der Waals surface area contributed by atoms with Crippen LogP contribution in [0.25, 0.3) is 0 Å². The summed E-state index contributed by atoms with van der Waals surface area (Å²) in [5.41, 5.74) is 12.9. The van der Waals surface area contributed by atoms with E-state index < -0.39 is 16.6 Å². The number of hydrogen-bond acceptors (Lipinski definition) is 5. The van der Waals surface area contributed by atoms with Crippen LogP contribution in [0.5, 0.6) is 23.0 Å². The summed E-state index contributed by atoms with van der Waals surface area (Å²) in [6.07, 6.45) is 0. The highest BCUT2D eigenvalue weighted by Crippen LogP contribution is 2.24. The number of nitrogen functional groups attached to an aromatic ring is 2. The highest BCUT2D eigenvalue weighted by molar-refractivity contribution is 6.96. The van der Waals surface area contributed by atoms with E-state index in [2.05, 4.69) is 50.5 Å². The van der Waals surface area contributed by atoms with Gasteiger partial charge in [-0.1, -0.05) is 24.3 Å². The summed E-state index contributed by atoms with van der Waals surface area (Å²) in [4.78, 5) is 0. The predicted octanol–water partition coefficient (Wildman–Crippen LogP) is 5.98. The number of anilines is 2. The number of nitrogens with two attached hydrogens (primary N) is 2. The zero-order valence-electron chi connectivity index (χ0n) is 20.6. The number of rotatable bonds is 8. The molecule has 4 N–H and O–H groups in total. The van der Waals surface area contributed by atoms with Crippen molar-refractivity contribution in [3.8, 4) is 23.0 Å². The van der Waals surface area contributed by atoms with E-state index in [1.165, 1.54) is 10.4 Å². The second-order valence-corrected chi connectivity index (χ2v) is 17.5. The lowest BCUT2D eigenvalue weighted by Gasteiger charge is -2.34. The minimum absolute atomic E-state index is 0.716. The Kier molecular flexibility index (Phi) is 7.02. The highest BCUT2D eigenvalue weighted by Gasteiger charge is 2.36. The van der Waals surface area contributed by atoms with Crippen LogP contribution in [0.3, 0.4) is 0 Å². The van der Waals surface area contributed by atoms with Gasteiger partial charge in [-0.05, 0) is 109 Å². The third kappa shape index (κ3) is 6.33. The summed E-state index contributed by atoms with van der Waals surface area (Å²) in [6, 6.07) is 31.3. The monoisotopic (exact) mass is 500 g/mol. The Morgan fingerprint density at radius 1 is 0.429 bits per heavy atom. The van der Waals surface area contributed by atoms with Gasteiger partial charge in [0.1, 0.15) is 23.0 Å². The highest BCUT2D eigenvalue weighted by atomic mass is 28.4. The van der Waals surface area contributed by atoms with E-state index >= 15 is 0 Å². The van der Waals surface area contributed by atoms with Crippen LogP contribution in [0.15, 0.2) is 97.1 Å². The molecule has 0 aliphatic heterocycles. The van der Waals surface area contributed by atoms with Crippen molar-refractivity contribution in [2.45, 2.75) is 26.2 Å². The molecule has 0 fully saturated rings. The van der Waals surface area contributed by atoms with Gasteiger partial charge < -0.3 is 25.1 Å². The number of ether oxygens (including phenoxy) is 2. The van der Waals surface area contributed by atoms with Crippen LogP contribution in [0.2, 0.25) is 26.2 Å². The van der Waals surface area contributed by atoms with E-state index in [4.69, 9.17) is 25.1 Å². The second-order valence-electron chi connectivity index (χ2n) is 9.51. The third-order valence-corrected chi connectivity index (χ3v) is 13.4. The van der Waals surface area contributed by atoms with E-state index in [1.807, 2.05) is 72.8 Å². The van der Waals surface area contributed by atoms with Crippen molar-refractivity contribution in [2.75, 3.05) is 11.5 Å². The Bertz CT molecular complexity index is 1150. The topological polar surface area (TPSA) is 79.7 Å². The average molecular weight is 501 g/mol. The fourth-order valence-electron chi connectivity index (χ4n) is 3.95. The smallest absolute Gasteiger partial charge is 0.206 e. The fraction of sp³-hybridized carbons (Fsp3) is 0.143. The van der Waals surface area contributed by atoms with Crippen molar-refractivity contribution in [3.05, 3.63) is 97.1 Å². The lowest BCUT2D eigenvalue weighted by Crippen LogP contribution is -2.57. The van der Waals surface area contributed by atoms with Crippen LogP contribution in [0.1, 0.15) is 0 Å². The predicted molar refractivity (Wildman–Crippen MR) is 150 cm³/mol. The molecule has 0 aliphatic carbocycles. The Labute approximate surface area is 209 Å². The molecule has 0 aromatic heterocycles. The molecule has 0 saturated heterocycles. The molecule has 4 aromatic rings. The minimum Gasteiger partial charge on any atom is -0.457 e. The zero-order valence-corrected chi connectivity index (χ0v) is 22.6. The van der Waals surface area contributed by atoms with Gasteiger partial charge in [-0.15, -0.1) is 0 Å². The van der Waals surface area contributed by atoms with Crippen molar-refractivity contribution in [3.63, 3.8) is 0 Å². The molecular formula is C28H32N2O3Si2. The largest absolute Gasteiger partial charge is 0.457 e. The second kappa shape index (κ2) is 9.99. The summed E-state index contributed by atoms with van der Waals surface area (Å²) in [7, 11) is -4.31. The van der Waals surface area contributed by atoms with Gasteiger partial charge in [0.05, 0.1) is 0 Å². The van der Waals surface area contributed by atoms with E-state index in [1.54, 1.807) is 0 Å². The number of hydrogen-bond donors (Lipinski definition) is 2. The Morgan fingerprint density at radius 2 is 0.686 bits per heavy atom. The normalized spacial score (nSPS) is 11.8. The first-order chi connectivity index (χ1) is 16.6. The molecule has 0 radical (unpaired) electrons. The molecule has 0 amide bonds. The maximum Gasteiger partial charge on any atom is 0.206 e. The summed E-state index contributed by atoms with van der Waals surface area (Å²) >= 11 is 0. The first-order valence-corrected chi connectivity index (χ1v) is 17.4. The molecule has 0 atom stereocenters. The van der Waals surface area contributed by atoms with Gasteiger partial charge in [-0.3, -0.25) is 0 Å². The molecule has 0 spiro atoms. The van der Waals surface area contributed by atoms with Crippen molar-refractivity contribution >= 4 is 38.4 Å². The number of benzene rings is 4. The summed E-state index contributed by atoms with van der Waals surface area (Å²) in [5, 5.41) is 2.46. The first-order valence-electron chi connectivity index (χ1n) is 11.6. The van der Waals surface area contributed by atoms with E-state index in [0.717, 1.165) is 23.0 Å². The molecule has 5 nitrogen and oxygen atoms in total. The maximum absolute atomic E-state index is 6.91. The van der Waals surface area contributed by atoms with Crippen LogP contribution in [0.4, 0.5) is 11.4 Å². The van der Waals surface area contributed by atoms with Gasteiger partial charge in [-0.25, -0.2) is 0 Å². The van der Waals surface area contributed by atoms with Gasteiger partial charge in [-0.2, -0.15) is 0 Å². The minimum atomic E-state index is -2.15. The van der Waals surface area contributed by atoms with E-state index in [0.29, 0.717) is 11.4 Å².